The van der Waals surface area contributed by atoms with Crippen LogP contribution in [0, 0.1) is 6.92 Å². The van der Waals surface area contributed by atoms with Crippen molar-refractivity contribution in [1.82, 2.24) is 4.98 Å². The van der Waals surface area contributed by atoms with Crippen LogP contribution in [0.1, 0.15) is 12.6 Å². The standard InChI is InChI=1S/C10H16N2O/c1-8-6-10(4-5-11-8)12(3)7-9(2)13/h4-6,9,13H,7H2,1-3H3. The van der Waals surface area contributed by atoms with Gasteiger partial charge in [-0.25, -0.2) is 0 Å². The van der Waals surface area contributed by atoms with E-state index in [9.17, 15) is 5.11 Å². The van der Waals surface area contributed by atoms with Crippen molar-refractivity contribution in [1.29, 1.82) is 0 Å². The van der Waals surface area contributed by atoms with E-state index in [1.165, 1.54) is 0 Å². The first-order valence-corrected chi connectivity index (χ1v) is 4.41. The summed E-state index contributed by atoms with van der Waals surface area (Å²) in [5, 5.41) is 9.20. The summed E-state index contributed by atoms with van der Waals surface area (Å²) < 4.78 is 0. The monoisotopic (exact) mass is 180 g/mol. The molecule has 72 valence electrons. The van der Waals surface area contributed by atoms with Crippen LogP contribution in [-0.4, -0.2) is 29.8 Å². The van der Waals surface area contributed by atoms with Gasteiger partial charge < -0.3 is 10.0 Å². The molecule has 0 aliphatic carbocycles. The maximum absolute atomic E-state index is 9.20. The lowest BCUT2D eigenvalue weighted by Crippen LogP contribution is -2.26. The maximum atomic E-state index is 9.20. The van der Waals surface area contributed by atoms with Gasteiger partial charge in [-0.05, 0) is 26.0 Å². The topological polar surface area (TPSA) is 36.4 Å². The van der Waals surface area contributed by atoms with E-state index in [-0.39, 0.29) is 6.10 Å². The predicted octanol–water partition coefficient (Wildman–Crippen LogP) is 1.21. The molecule has 0 amide bonds. The predicted molar refractivity (Wildman–Crippen MR) is 53.9 cm³/mol. The van der Waals surface area contributed by atoms with Crippen molar-refractivity contribution in [3.8, 4) is 0 Å². The normalized spacial score (nSPS) is 12.6. The van der Waals surface area contributed by atoms with Crippen LogP contribution in [-0.2, 0) is 0 Å². The van der Waals surface area contributed by atoms with Gasteiger partial charge in [-0.15, -0.1) is 0 Å². The molecule has 3 nitrogen and oxygen atoms in total. The number of pyridine rings is 1. The number of aromatic nitrogens is 1. The molecule has 1 heterocycles. The lowest BCUT2D eigenvalue weighted by molar-refractivity contribution is 0.201. The molecule has 0 spiro atoms. The Morgan fingerprint density at radius 3 is 2.85 bits per heavy atom. The van der Waals surface area contributed by atoms with Crippen molar-refractivity contribution in [3.63, 3.8) is 0 Å². The van der Waals surface area contributed by atoms with Gasteiger partial charge in [0.1, 0.15) is 0 Å². The van der Waals surface area contributed by atoms with Crippen LogP contribution in [0.2, 0.25) is 0 Å². The summed E-state index contributed by atoms with van der Waals surface area (Å²) in [4.78, 5) is 6.13. The maximum Gasteiger partial charge on any atom is 0.0686 e. The van der Waals surface area contributed by atoms with Gasteiger partial charge in [0.25, 0.3) is 0 Å². The van der Waals surface area contributed by atoms with E-state index in [0.29, 0.717) is 6.54 Å². The Morgan fingerprint density at radius 2 is 2.31 bits per heavy atom. The van der Waals surface area contributed by atoms with Crippen LogP contribution in [0.5, 0.6) is 0 Å². The van der Waals surface area contributed by atoms with Gasteiger partial charge in [-0.2, -0.15) is 0 Å². The lowest BCUT2D eigenvalue weighted by Gasteiger charge is -2.20. The highest BCUT2D eigenvalue weighted by molar-refractivity contribution is 5.45. The van der Waals surface area contributed by atoms with Crippen LogP contribution >= 0.6 is 0 Å². The minimum atomic E-state index is -0.307. The second-order valence-electron chi connectivity index (χ2n) is 3.38. The van der Waals surface area contributed by atoms with Gasteiger partial charge in [0.15, 0.2) is 0 Å². The molecule has 0 radical (unpaired) electrons. The van der Waals surface area contributed by atoms with E-state index < -0.39 is 0 Å². The summed E-state index contributed by atoms with van der Waals surface area (Å²) in [6.07, 6.45) is 1.47. The molecule has 1 aromatic heterocycles. The molecule has 0 bridgehead atoms. The third-order valence-electron chi connectivity index (χ3n) is 1.86. The zero-order valence-electron chi connectivity index (χ0n) is 8.36. The fraction of sp³-hybridized carbons (Fsp3) is 0.500. The van der Waals surface area contributed by atoms with Crippen LogP contribution in [0.25, 0.3) is 0 Å². The molecule has 0 saturated heterocycles. The molecule has 3 heteroatoms. The Morgan fingerprint density at radius 1 is 1.62 bits per heavy atom. The number of aryl methyl sites for hydroxylation is 1. The second-order valence-corrected chi connectivity index (χ2v) is 3.38. The van der Waals surface area contributed by atoms with Crippen LogP contribution in [0.4, 0.5) is 5.69 Å². The van der Waals surface area contributed by atoms with Crippen molar-refractivity contribution >= 4 is 5.69 Å². The number of nitrogens with zero attached hydrogens (tertiary/aromatic N) is 2. The van der Waals surface area contributed by atoms with Crippen molar-refractivity contribution in [2.45, 2.75) is 20.0 Å². The summed E-state index contributed by atoms with van der Waals surface area (Å²) in [6.45, 7) is 4.38. The van der Waals surface area contributed by atoms with E-state index in [0.717, 1.165) is 11.4 Å². The first-order valence-electron chi connectivity index (χ1n) is 4.41. The Kier molecular flexibility index (Phi) is 3.25. The molecule has 0 fully saturated rings. The van der Waals surface area contributed by atoms with Gasteiger partial charge in [0.05, 0.1) is 6.10 Å². The quantitative estimate of drug-likeness (QED) is 0.759. The Balaban J connectivity index is 2.71. The summed E-state index contributed by atoms with van der Waals surface area (Å²) in [7, 11) is 1.96. The summed E-state index contributed by atoms with van der Waals surface area (Å²) in [6, 6.07) is 3.94. The zero-order valence-corrected chi connectivity index (χ0v) is 8.36. The zero-order chi connectivity index (χ0) is 9.84. The third-order valence-corrected chi connectivity index (χ3v) is 1.86. The highest BCUT2D eigenvalue weighted by Gasteiger charge is 2.03. The number of likely N-dealkylation sites (N-methyl/N-ethyl adjacent to an activating group) is 1. The number of hydrogen-bond donors (Lipinski definition) is 1. The number of anilines is 1. The lowest BCUT2D eigenvalue weighted by atomic mass is 10.3. The van der Waals surface area contributed by atoms with E-state index in [1.54, 1.807) is 13.1 Å². The number of rotatable bonds is 3. The van der Waals surface area contributed by atoms with Crippen LogP contribution in [0.3, 0.4) is 0 Å². The first-order chi connectivity index (χ1) is 6.09. The van der Waals surface area contributed by atoms with E-state index in [4.69, 9.17) is 0 Å². The molecule has 1 atom stereocenters. The molecular weight excluding hydrogens is 164 g/mol. The van der Waals surface area contributed by atoms with Crippen molar-refractivity contribution in [3.05, 3.63) is 24.0 Å². The number of aliphatic hydroxyl groups is 1. The second kappa shape index (κ2) is 4.23. The Hall–Kier alpha value is -1.09. The minimum absolute atomic E-state index is 0.307. The molecule has 0 aromatic carbocycles. The Bertz CT molecular complexity index is 273. The summed E-state index contributed by atoms with van der Waals surface area (Å²) in [5.74, 6) is 0. The van der Waals surface area contributed by atoms with Gasteiger partial charge >= 0.3 is 0 Å². The number of hydrogen-bond acceptors (Lipinski definition) is 3. The highest BCUT2D eigenvalue weighted by atomic mass is 16.3. The molecule has 1 aromatic rings. The van der Waals surface area contributed by atoms with Gasteiger partial charge in [-0.1, -0.05) is 0 Å². The molecule has 0 aliphatic heterocycles. The Labute approximate surface area is 79.0 Å². The molecule has 1 N–H and O–H groups in total. The fourth-order valence-corrected chi connectivity index (χ4v) is 1.27. The highest BCUT2D eigenvalue weighted by Crippen LogP contribution is 2.12. The molecule has 1 rings (SSSR count). The first kappa shape index (κ1) is 9.99. The van der Waals surface area contributed by atoms with Gasteiger partial charge in [0.2, 0.25) is 0 Å². The average molecular weight is 180 g/mol. The molecule has 0 aliphatic rings. The summed E-state index contributed by atoms with van der Waals surface area (Å²) in [5.41, 5.74) is 2.09. The van der Waals surface area contributed by atoms with E-state index in [1.807, 2.05) is 31.0 Å². The van der Waals surface area contributed by atoms with Crippen molar-refractivity contribution < 1.29 is 5.11 Å². The molecule has 1 unspecified atom stereocenters. The molecule has 13 heavy (non-hydrogen) atoms. The average Bonchev–Trinajstić information content (AvgIpc) is 2.03. The van der Waals surface area contributed by atoms with Crippen molar-refractivity contribution in [2.24, 2.45) is 0 Å². The molecule has 0 saturated carbocycles. The van der Waals surface area contributed by atoms with Gasteiger partial charge in [0, 0.05) is 31.2 Å². The van der Waals surface area contributed by atoms with E-state index >= 15 is 0 Å². The fourth-order valence-electron chi connectivity index (χ4n) is 1.27. The summed E-state index contributed by atoms with van der Waals surface area (Å²) >= 11 is 0. The smallest absolute Gasteiger partial charge is 0.0686 e. The largest absolute Gasteiger partial charge is 0.392 e. The third kappa shape index (κ3) is 3.03. The van der Waals surface area contributed by atoms with Crippen molar-refractivity contribution in [2.75, 3.05) is 18.5 Å². The number of aliphatic hydroxyl groups excluding tert-OH is 1. The van der Waals surface area contributed by atoms with E-state index in [2.05, 4.69) is 4.98 Å². The van der Waals surface area contributed by atoms with Crippen LogP contribution < -0.4 is 4.90 Å². The minimum Gasteiger partial charge on any atom is -0.392 e. The molecular formula is C10H16N2O. The van der Waals surface area contributed by atoms with Crippen LogP contribution in [0.15, 0.2) is 18.3 Å². The van der Waals surface area contributed by atoms with Gasteiger partial charge in [-0.3, -0.25) is 4.98 Å². The SMILES string of the molecule is Cc1cc(N(C)CC(C)O)ccn1.